The van der Waals surface area contributed by atoms with Gasteiger partial charge in [0.05, 0.1) is 12.1 Å². The molecule has 0 aromatic heterocycles. The monoisotopic (exact) mass is 323 g/mol. The van der Waals surface area contributed by atoms with Gasteiger partial charge in [0, 0.05) is 5.92 Å². The highest BCUT2D eigenvalue weighted by Gasteiger charge is 2.56. The molecule has 2 saturated carbocycles. The number of aliphatic carboxylic acids is 1. The van der Waals surface area contributed by atoms with Crippen LogP contribution in [-0.4, -0.2) is 24.1 Å². The quantitative estimate of drug-likeness (QED) is 0.873. The van der Waals surface area contributed by atoms with Gasteiger partial charge in [0.15, 0.2) is 6.04 Å². The molecule has 0 heterocycles. The number of hydrogen-bond donors (Lipinski definition) is 2. The molecule has 0 aliphatic heterocycles. The Bertz CT molecular complexity index is 608. The number of carboxylic acids is 1. The van der Waals surface area contributed by atoms with Crippen molar-refractivity contribution in [3.8, 4) is 5.75 Å². The Kier molecular flexibility index (Phi) is 4.00. The summed E-state index contributed by atoms with van der Waals surface area (Å²) in [4.78, 5) is 23.8. The van der Waals surface area contributed by atoms with Crippen LogP contribution in [0.25, 0.3) is 0 Å². The van der Waals surface area contributed by atoms with Gasteiger partial charge in [-0.3, -0.25) is 4.79 Å². The SMILES string of the molecule is COc1ccc(C(NC(=O)C2C3CCCC32)C(=O)O)cc1Cl. The number of ether oxygens (including phenoxy) is 1. The van der Waals surface area contributed by atoms with Gasteiger partial charge in [0.1, 0.15) is 5.75 Å². The van der Waals surface area contributed by atoms with E-state index >= 15 is 0 Å². The van der Waals surface area contributed by atoms with Crippen LogP contribution in [0.2, 0.25) is 5.02 Å². The molecule has 2 fully saturated rings. The van der Waals surface area contributed by atoms with Crippen molar-refractivity contribution in [1.82, 2.24) is 5.32 Å². The predicted molar refractivity (Wildman–Crippen MR) is 80.8 cm³/mol. The summed E-state index contributed by atoms with van der Waals surface area (Å²) in [6.45, 7) is 0. The van der Waals surface area contributed by atoms with Crippen molar-refractivity contribution in [1.29, 1.82) is 0 Å². The van der Waals surface area contributed by atoms with Crippen molar-refractivity contribution in [3.63, 3.8) is 0 Å². The third-order valence-electron chi connectivity index (χ3n) is 4.75. The first kappa shape index (κ1) is 15.2. The second-order valence-electron chi connectivity index (χ2n) is 5.96. The van der Waals surface area contributed by atoms with Gasteiger partial charge >= 0.3 is 5.97 Å². The molecule has 2 aliphatic carbocycles. The molecule has 0 bridgehead atoms. The summed E-state index contributed by atoms with van der Waals surface area (Å²) in [6, 6.07) is 3.65. The van der Waals surface area contributed by atoms with Crippen molar-refractivity contribution in [3.05, 3.63) is 28.8 Å². The number of methoxy groups -OCH3 is 1. The first-order valence-corrected chi connectivity index (χ1v) is 7.77. The molecule has 6 heteroatoms. The molecule has 2 aliphatic rings. The fourth-order valence-electron chi connectivity index (χ4n) is 3.60. The highest BCUT2D eigenvalue weighted by atomic mass is 35.5. The van der Waals surface area contributed by atoms with E-state index in [4.69, 9.17) is 16.3 Å². The molecule has 3 atom stereocenters. The van der Waals surface area contributed by atoms with Crippen LogP contribution in [0.3, 0.4) is 0 Å². The molecule has 2 N–H and O–H groups in total. The average molecular weight is 324 g/mol. The second kappa shape index (κ2) is 5.80. The van der Waals surface area contributed by atoms with Crippen LogP contribution in [-0.2, 0) is 9.59 Å². The first-order valence-electron chi connectivity index (χ1n) is 7.39. The number of benzene rings is 1. The van der Waals surface area contributed by atoms with E-state index in [0.29, 0.717) is 28.2 Å². The van der Waals surface area contributed by atoms with Crippen LogP contribution in [0, 0.1) is 17.8 Å². The van der Waals surface area contributed by atoms with Crippen LogP contribution in [0.1, 0.15) is 30.9 Å². The van der Waals surface area contributed by atoms with Crippen LogP contribution in [0.4, 0.5) is 0 Å². The number of rotatable bonds is 5. The summed E-state index contributed by atoms with van der Waals surface area (Å²) in [5.74, 6) is 0.110. The minimum Gasteiger partial charge on any atom is -0.495 e. The van der Waals surface area contributed by atoms with Gasteiger partial charge in [0.25, 0.3) is 0 Å². The lowest BCUT2D eigenvalue weighted by Gasteiger charge is -2.16. The van der Waals surface area contributed by atoms with Gasteiger partial charge in [0.2, 0.25) is 5.91 Å². The van der Waals surface area contributed by atoms with Crippen LogP contribution >= 0.6 is 11.6 Å². The second-order valence-corrected chi connectivity index (χ2v) is 6.37. The van der Waals surface area contributed by atoms with Crippen LogP contribution in [0.5, 0.6) is 5.75 Å². The number of carboxylic acid groups (broad SMARTS) is 1. The highest BCUT2D eigenvalue weighted by molar-refractivity contribution is 6.32. The molecule has 118 valence electrons. The lowest BCUT2D eigenvalue weighted by molar-refractivity contribution is -0.142. The zero-order valence-corrected chi connectivity index (χ0v) is 13.0. The van der Waals surface area contributed by atoms with E-state index in [0.717, 1.165) is 12.8 Å². The van der Waals surface area contributed by atoms with Crippen molar-refractivity contribution in [2.45, 2.75) is 25.3 Å². The first-order chi connectivity index (χ1) is 10.5. The van der Waals surface area contributed by atoms with Gasteiger partial charge in [-0.1, -0.05) is 24.1 Å². The Morgan fingerprint density at radius 3 is 2.59 bits per heavy atom. The number of halogens is 1. The Morgan fingerprint density at radius 1 is 1.36 bits per heavy atom. The molecule has 0 spiro atoms. The van der Waals surface area contributed by atoms with Gasteiger partial charge in [-0.05, 0) is 42.4 Å². The van der Waals surface area contributed by atoms with Crippen molar-refractivity contribution in [2.24, 2.45) is 17.8 Å². The van der Waals surface area contributed by atoms with E-state index < -0.39 is 12.0 Å². The number of hydrogen-bond acceptors (Lipinski definition) is 3. The number of amides is 1. The predicted octanol–water partition coefficient (Wildman–Crippen LogP) is 2.64. The summed E-state index contributed by atoms with van der Waals surface area (Å²) in [7, 11) is 1.49. The van der Waals surface area contributed by atoms with E-state index in [9.17, 15) is 14.7 Å². The van der Waals surface area contributed by atoms with E-state index in [1.807, 2.05) is 0 Å². The number of carbonyl (C=O) groups is 2. The maximum absolute atomic E-state index is 12.3. The van der Waals surface area contributed by atoms with Gasteiger partial charge in [-0.15, -0.1) is 0 Å². The van der Waals surface area contributed by atoms with E-state index in [1.54, 1.807) is 12.1 Å². The molecule has 1 aromatic rings. The largest absolute Gasteiger partial charge is 0.495 e. The minimum absolute atomic E-state index is 0.00989. The fraction of sp³-hybridized carbons (Fsp3) is 0.500. The third kappa shape index (κ3) is 2.65. The van der Waals surface area contributed by atoms with Crippen LogP contribution < -0.4 is 10.1 Å². The lowest BCUT2D eigenvalue weighted by atomic mass is 10.1. The smallest absolute Gasteiger partial charge is 0.330 e. The molecule has 1 aromatic carbocycles. The fourth-order valence-corrected chi connectivity index (χ4v) is 3.86. The summed E-state index contributed by atoms with van der Waals surface area (Å²) in [5.41, 5.74) is 0.442. The van der Waals surface area contributed by atoms with Crippen molar-refractivity contribution < 1.29 is 19.4 Å². The topological polar surface area (TPSA) is 75.6 Å². The molecule has 0 saturated heterocycles. The zero-order valence-electron chi connectivity index (χ0n) is 12.2. The molecular weight excluding hydrogens is 306 g/mol. The standard InChI is InChI=1S/C16H18ClNO4/c1-22-12-6-5-8(7-11(12)17)14(16(20)21)18-15(19)13-9-3-2-4-10(9)13/h5-7,9-10,13-14H,2-4H2,1H3,(H,18,19)(H,20,21). The summed E-state index contributed by atoms with van der Waals surface area (Å²) in [5, 5.41) is 12.4. The Morgan fingerprint density at radius 2 is 2.05 bits per heavy atom. The van der Waals surface area contributed by atoms with Crippen LogP contribution in [0.15, 0.2) is 18.2 Å². The van der Waals surface area contributed by atoms with Crippen molar-refractivity contribution >= 4 is 23.5 Å². The summed E-state index contributed by atoms with van der Waals surface area (Å²) >= 11 is 6.04. The summed E-state index contributed by atoms with van der Waals surface area (Å²) in [6.07, 6.45) is 3.33. The van der Waals surface area contributed by atoms with Crippen molar-refractivity contribution in [2.75, 3.05) is 7.11 Å². The maximum atomic E-state index is 12.3. The van der Waals surface area contributed by atoms with E-state index in [1.165, 1.54) is 19.6 Å². The number of fused-ring (bicyclic) bond motifs is 1. The average Bonchev–Trinajstić information content (AvgIpc) is 2.97. The Balaban J connectivity index is 1.74. The number of nitrogens with one attached hydrogen (secondary N) is 1. The minimum atomic E-state index is -1.10. The van der Waals surface area contributed by atoms with Gasteiger partial charge in [-0.25, -0.2) is 4.79 Å². The molecular formula is C16H18ClNO4. The highest BCUT2D eigenvalue weighted by Crippen LogP contribution is 2.57. The molecule has 5 nitrogen and oxygen atoms in total. The van der Waals surface area contributed by atoms with E-state index in [-0.39, 0.29) is 11.8 Å². The van der Waals surface area contributed by atoms with E-state index in [2.05, 4.69) is 5.32 Å². The lowest BCUT2D eigenvalue weighted by Crippen LogP contribution is -2.35. The molecule has 1 amide bonds. The summed E-state index contributed by atoms with van der Waals surface area (Å²) < 4.78 is 5.05. The normalized spacial score (nSPS) is 26.9. The third-order valence-corrected chi connectivity index (χ3v) is 5.05. The molecule has 3 rings (SSSR count). The molecule has 0 radical (unpaired) electrons. The zero-order chi connectivity index (χ0) is 15.9. The molecule has 3 unspecified atom stereocenters. The Hall–Kier alpha value is -1.75. The molecule has 22 heavy (non-hydrogen) atoms. The van der Waals surface area contributed by atoms with Gasteiger partial charge in [-0.2, -0.15) is 0 Å². The Labute approximate surface area is 133 Å². The number of carbonyl (C=O) groups excluding carboxylic acids is 1. The maximum Gasteiger partial charge on any atom is 0.330 e. The van der Waals surface area contributed by atoms with Gasteiger partial charge < -0.3 is 15.2 Å².